The van der Waals surface area contributed by atoms with Crippen LogP contribution in [0.1, 0.15) is 36.0 Å². The molecule has 1 amide bonds. The van der Waals surface area contributed by atoms with Crippen molar-refractivity contribution in [3.63, 3.8) is 0 Å². The number of thiophene rings is 1. The zero-order valence-corrected chi connectivity index (χ0v) is 16.4. The van der Waals surface area contributed by atoms with Gasteiger partial charge < -0.3 is 16.0 Å². The van der Waals surface area contributed by atoms with Crippen LogP contribution in [-0.4, -0.2) is 33.7 Å². The number of thioether (sulfide) groups is 1. The molecule has 0 bridgehead atoms. The van der Waals surface area contributed by atoms with E-state index in [0.717, 1.165) is 15.3 Å². The molecule has 136 valence electrons. The van der Waals surface area contributed by atoms with Gasteiger partial charge in [-0.2, -0.15) is 0 Å². The van der Waals surface area contributed by atoms with Gasteiger partial charge >= 0.3 is 0 Å². The molecule has 0 spiro atoms. The molecule has 2 heterocycles. The van der Waals surface area contributed by atoms with Crippen molar-refractivity contribution in [2.24, 2.45) is 11.7 Å². The fraction of sp³-hybridized carbons (Fsp3) is 0.588. The van der Waals surface area contributed by atoms with E-state index in [2.05, 4.69) is 15.3 Å². The van der Waals surface area contributed by atoms with E-state index in [1.807, 2.05) is 20.8 Å². The van der Waals surface area contributed by atoms with Crippen molar-refractivity contribution in [2.45, 2.75) is 50.7 Å². The first-order chi connectivity index (χ1) is 11.9. The standard InChI is InChI=1S/C17H24N4O2S2/c1-8-9(2)25-17-14(8)16(23)20-13(21-17)7-24-10(3)15(22)19-6-12(18)11-4-5-11/h10-12H,4-7,18H2,1-3H3,(H,19,22)(H,20,21,23). The van der Waals surface area contributed by atoms with Crippen LogP contribution in [0.25, 0.3) is 10.2 Å². The zero-order valence-electron chi connectivity index (χ0n) is 14.7. The summed E-state index contributed by atoms with van der Waals surface area (Å²) < 4.78 is 0. The third-order valence-corrected chi connectivity index (χ3v) is 6.92. The minimum Gasteiger partial charge on any atom is -0.354 e. The molecule has 1 saturated carbocycles. The Bertz CT molecular complexity index is 841. The Morgan fingerprint density at radius 1 is 1.48 bits per heavy atom. The van der Waals surface area contributed by atoms with E-state index in [1.54, 1.807) is 0 Å². The number of aryl methyl sites for hydroxylation is 2. The van der Waals surface area contributed by atoms with Crippen LogP contribution in [0, 0.1) is 19.8 Å². The van der Waals surface area contributed by atoms with Crippen LogP contribution in [0.4, 0.5) is 0 Å². The average molecular weight is 381 g/mol. The minimum absolute atomic E-state index is 0.0210. The van der Waals surface area contributed by atoms with Gasteiger partial charge in [-0.15, -0.1) is 23.1 Å². The molecule has 25 heavy (non-hydrogen) atoms. The summed E-state index contributed by atoms with van der Waals surface area (Å²) in [5.41, 5.74) is 6.90. The molecule has 1 aliphatic carbocycles. The molecule has 2 aromatic rings. The van der Waals surface area contributed by atoms with Crippen molar-refractivity contribution >= 4 is 39.2 Å². The number of amides is 1. The maximum atomic E-state index is 12.3. The summed E-state index contributed by atoms with van der Waals surface area (Å²) in [4.78, 5) is 33.7. The predicted octanol–water partition coefficient (Wildman–Crippen LogP) is 2.08. The van der Waals surface area contributed by atoms with Crippen LogP contribution in [0.2, 0.25) is 0 Å². The predicted molar refractivity (Wildman–Crippen MR) is 104 cm³/mol. The summed E-state index contributed by atoms with van der Waals surface area (Å²) in [6.07, 6.45) is 2.34. The molecule has 0 aliphatic heterocycles. The van der Waals surface area contributed by atoms with Gasteiger partial charge in [0.05, 0.1) is 16.4 Å². The summed E-state index contributed by atoms with van der Waals surface area (Å²) in [7, 11) is 0. The molecule has 8 heteroatoms. The number of aromatic nitrogens is 2. The molecule has 1 fully saturated rings. The highest BCUT2D eigenvalue weighted by molar-refractivity contribution is 7.99. The van der Waals surface area contributed by atoms with Gasteiger partial charge in [-0.25, -0.2) is 4.98 Å². The highest BCUT2D eigenvalue weighted by atomic mass is 32.2. The van der Waals surface area contributed by atoms with Crippen molar-refractivity contribution in [3.05, 3.63) is 26.6 Å². The summed E-state index contributed by atoms with van der Waals surface area (Å²) in [5.74, 6) is 1.65. The largest absolute Gasteiger partial charge is 0.354 e. The van der Waals surface area contributed by atoms with Crippen LogP contribution in [0.3, 0.4) is 0 Å². The van der Waals surface area contributed by atoms with Crippen molar-refractivity contribution in [1.82, 2.24) is 15.3 Å². The SMILES string of the molecule is Cc1sc2nc(CSC(C)C(=O)NCC(N)C3CC3)[nH]c(=O)c2c1C. The van der Waals surface area contributed by atoms with Gasteiger partial charge in [-0.05, 0) is 45.1 Å². The van der Waals surface area contributed by atoms with Crippen LogP contribution in [0.15, 0.2) is 4.79 Å². The van der Waals surface area contributed by atoms with Crippen LogP contribution in [0.5, 0.6) is 0 Å². The van der Waals surface area contributed by atoms with Crippen molar-refractivity contribution < 1.29 is 4.79 Å². The molecule has 0 aromatic carbocycles. The summed E-state index contributed by atoms with van der Waals surface area (Å²) in [6.45, 7) is 6.33. The molecule has 0 saturated heterocycles. The maximum absolute atomic E-state index is 12.3. The number of nitrogens with zero attached hydrogens (tertiary/aromatic N) is 1. The molecule has 2 atom stereocenters. The Labute approximate surface area is 155 Å². The second-order valence-corrected chi connectivity index (χ2v) is 9.21. The second-order valence-electron chi connectivity index (χ2n) is 6.68. The Balaban J connectivity index is 1.58. The van der Waals surface area contributed by atoms with Crippen LogP contribution < -0.4 is 16.6 Å². The van der Waals surface area contributed by atoms with Gasteiger partial charge in [0.1, 0.15) is 10.7 Å². The first-order valence-corrected chi connectivity index (χ1v) is 10.4. The number of rotatable bonds is 7. The lowest BCUT2D eigenvalue weighted by atomic mass is 10.2. The van der Waals surface area contributed by atoms with Crippen molar-refractivity contribution in [1.29, 1.82) is 0 Å². The molecule has 4 N–H and O–H groups in total. The molecule has 2 unspecified atom stereocenters. The van der Waals surface area contributed by atoms with Crippen molar-refractivity contribution in [2.75, 3.05) is 6.54 Å². The smallest absolute Gasteiger partial charge is 0.259 e. The number of carbonyl (C=O) groups is 1. The fourth-order valence-corrected chi connectivity index (χ4v) is 4.53. The van der Waals surface area contributed by atoms with Gasteiger partial charge in [0, 0.05) is 17.5 Å². The summed E-state index contributed by atoms with van der Waals surface area (Å²) in [5, 5.41) is 3.37. The Hall–Kier alpha value is -1.38. The van der Waals surface area contributed by atoms with Gasteiger partial charge in [-0.1, -0.05) is 0 Å². The normalized spacial score (nSPS) is 16.8. The third kappa shape index (κ3) is 4.24. The molecular formula is C17H24N4O2S2. The quantitative estimate of drug-likeness (QED) is 0.683. The lowest BCUT2D eigenvalue weighted by molar-refractivity contribution is -0.120. The monoisotopic (exact) mass is 380 g/mol. The average Bonchev–Trinajstić information content (AvgIpc) is 3.37. The summed E-state index contributed by atoms with van der Waals surface area (Å²) >= 11 is 2.99. The number of nitrogens with one attached hydrogen (secondary N) is 2. The van der Waals surface area contributed by atoms with E-state index < -0.39 is 0 Å². The lowest BCUT2D eigenvalue weighted by Gasteiger charge is -2.15. The number of aromatic amines is 1. The van der Waals surface area contributed by atoms with E-state index in [-0.39, 0.29) is 22.8 Å². The zero-order chi connectivity index (χ0) is 18.1. The Morgan fingerprint density at radius 3 is 2.88 bits per heavy atom. The first-order valence-electron chi connectivity index (χ1n) is 8.50. The molecule has 2 aromatic heterocycles. The molecule has 0 radical (unpaired) electrons. The van der Waals surface area contributed by atoms with Crippen LogP contribution in [-0.2, 0) is 10.5 Å². The summed E-state index contributed by atoms with van der Waals surface area (Å²) in [6, 6.07) is 0.0619. The highest BCUT2D eigenvalue weighted by Gasteiger charge is 2.28. The van der Waals surface area contributed by atoms with Crippen LogP contribution >= 0.6 is 23.1 Å². The fourth-order valence-electron chi connectivity index (χ4n) is 2.70. The maximum Gasteiger partial charge on any atom is 0.259 e. The lowest BCUT2D eigenvalue weighted by Crippen LogP contribution is -2.41. The molecule has 6 nitrogen and oxygen atoms in total. The number of fused-ring (bicyclic) bond motifs is 1. The number of hydrogen-bond acceptors (Lipinski definition) is 6. The number of nitrogens with two attached hydrogens (primary N) is 1. The van der Waals surface area contributed by atoms with E-state index in [9.17, 15) is 9.59 Å². The topological polar surface area (TPSA) is 101 Å². The van der Waals surface area contributed by atoms with Gasteiger partial charge in [0.15, 0.2) is 0 Å². The number of carbonyl (C=O) groups excluding carboxylic acids is 1. The molecule has 1 aliphatic rings. The third-order valence-electron chi connectivity index (χ3n) is 4.67. The van der Waals surface area contributed by atoms with Crippen molar-refractivity contribution in [3.8, 4) is 0 Å². The molecular weight excluding hydrogens is 356 g/mol. The van der Waals surface area contributed by atoms with E-state index >= 15 is 0 Å². The van der Waals surface area contributed by atoms with E-state index in [0.29, 0.717) is 29.4 Å². The van der Waals surface area contributed by atoms with Gasteiger partial charge in [0.2, 0.25) is 5.91 Å². The Morgan fingerprint density at radius 2 is 2.20 bits per heavy atom. The first kappa shape index (κ1) is 18.4. The number of H-pyrrole nitrogens is 1. The van der Waals surface area contributed by atoms with E-state index in [4.69, 9.17) is 5.73 Å². The molecule has 3 rings (SSSR count). The van der Waals surface area contributed by atoms with Gasteiger partial charge in [0.25, 0.3) is 5.56 Å². The Kier molecular flexibility index (Phi) is 5.50. The second kappa shape index (κ2) is 7.47. The highest BCUT2D eigenvalue weighted by Crippen LogP contribution is 2.31. The minimum atomic E-state index is -0.223. The van der Waals surface area contributed by atoms with E-state index in [1.165, 1.54) is 35.9 Å². The number of hydrogen-bond donors (Lipinski definition) is 3. The van der Waals surface area contributed by atoms with Gasteiger partial charge in [-0.3, -0.25) is 9.59 Å².